The summed E-state index contributed by atoms with van der Waals surface area (Å²) in [6.07, 6.45) is 5.13. The van der Waals surface area contributed by atoms with E-state index < -0.39 is 0 Å². The maximum atomic E-state index is 4.22. The van der Waals surface area contributed by atoms with Crippen molar-refractivity contribution >= 4 is 11.8 Å². The van der Waals surface area contributed by atoms with E-state index in [9.17, 15) is 0 Å². The van der Waals surface area contributed by atoms with Gasteiger partial charge in [-0.15, -0.1) is 0 Å². The zero-order valence-electron chi connectivity index (χ0n) is 11.7. The third kappa shape index (κ3) is 6.13. The van der Waals surface area contributed by atoms with Crippen molar-refractivity contribution in [2.75, 3.05) is 12.3 Å². The van der Waals surface area contributed by atoms with Crippen molar-refractivity contribution in [3.8, 4) is 0 Å². The lowest BCUT2D eigenvalue weighted by Gasteiger charge is -2.23. The van der Waals surface area contributed by atoms with Crippen LogP contribution < -0.4 is 5.32 Å². The van der Waals surface area contributed by atoms with Crippen LogP contribution in [0.15, 0.2) is 12.4 Å². The molecule has 0 aliphatic heterocycles. The van der Waals surface area contributed by atoms with Gasteiger partial charge in [0.25, 0.3) is 0 Å². The number of thioether (sulfide) groups is 1. The Bertz CT molecular complexity index is 328. The lowest BCUT2D eigenvalue weighted by molar-refractivity contribution is 0.570. The Balaban J connectivity index is 2.48. The van der Waals surface area contributed by atoms with Crippen LogP contribution in [0.4, 0.5) is 0 Å². The maximum absolute atomic E-state index is 4.22. The van der Waals surface area contributed by atoms with Gasteiger partial charge in [-0.2, -0.15) is 16.9 Å². The standard InChI is InChI=1S/C13H25N3S/c1-6-14-12(10-17-13(2,3)4)7-11-8-15-16(5)9-11/h8-9,12,14H,6-7,10H2,1-5H3. The summed E-state index contributed by atoms with van der Waals surface area (Å²) in [6.45, 7) is 9.99. The van der Waals surface area contributed by atoms with E-state index in [1.807, 2.05) is 29.7 Å². The van der Waals surface area contributed by atoms with Crippen LogP contribution in [0.25, 0.3) is 0 Å². The summed E-state index contributed by atoms with van der Waals surface area (Å²) in [7, 11) is 1.97. The highest BCUT2D eigenvalue weighted by Crippen LogP contribution is 2.24. The Morgan fingerprint density at radius 1 is 1.47 bits per heavy atom. The summed E-state index contributed by atoms with van der Waals surface area (Å²) in [4.78, 5) is 0. The molecule has 1 atom stereocenters. The Labute approximate surface area is 109 Å². The van der Waals surface area contributed by atoms with E-state index in [0.29, 0.717) is 10.8 Å². The fraction of sp³-hybridized carbons (Fsp3) is 0.769. The summed E-state index contributed by atoms with van der Waals surface area (Å²) >= 11 is 2.02. The maximum Gasteiger partial charge on any atom is 0.0522 e. The van der Waals surface area contributed by atoms with Gasteiger partial charge in [-0.05, 0) is 18.5 Å². The van der Waals surface area contributed by atoms with Crippen molar-refractivity contribution in [2.24, 2.45) is 7.05 Å². The lowest BCUT2D eigenvalue weighted by atomic mass is 10.1. The number of nitrogens with zero attached hydrogens (tertiary/aromatic N) is 2. The summed E-state index contributed by atoms with van der Waals surface area (Å²) in [6, 6.07) is 0.536. The molecule has 0 radical (unpaired) electrons. The van der Waals surface area contributed by atoms with Crippen LogP contribution in [-0.4, -0.2) is 32.9 Å². The number of nitrogens with one attached hydrogen (secondary N) is 1. The van der Waals surface area contributed by atoms with Gasteiger partial charge in [0.15, 0.2) is 0 Å². The normalized spacial score (nSPS) is 13.9. The molecular weight excluding hydrogens is 230 g/mol. The predicted octanol–water partition coefficient (Wildman–Crippen LogP) is 2.47. The van der Waals surface area contributed by atoms with E-state index in [1.165, 1.54) is 5.56 Å². The molecule has 0 amide bonds. The van der Waals surface area contributed by atoms with E-state index >= 15 is 0 Å². The highest BCUT2D eigenvalue weighted by atomic mass is 32.2. The van der Waals surface area contributed by atoms with Gasteiger partial charge in [-0.1, -0.05) is 27.7 Å². The van der Waals surface area contributed by atoms with Crippen LogP contribution in [0.1, 0.15) is 33.3 Å². The molecule has 0 saturated carbocycles. The second kappa shape index (κ2) is 6.45. The topological polar surface area (TPSA) is 29.9 Å². The first-order valence-corrected chi connectivity index (χ1v) is 7.24. The zero-order valence-corrected chi connectivity index (χ0v) is 12.5. The van der Waals surface area contributed by atoms with Gasteiger partial charge < -0.3 is 5.32 Å². The molecule has 98 valence electrons. The summed E-state index contributed by atoms with van der Waals surface area (Å²) in [5, 5.41) is 7.78. The number of rotatable bonds is 6. The van der Waals surface area contributed by atoms with Crippen LogP contribution in [-0.2, 0) is 13.5 Å². The molecule has 0 aromatic carbocycles. The molecule has 0 aliphatic carbocycles. The largest absolute Gasteiger partial charge is 0.313 e. The number of likely N-dealkylation sites (N-methyl/N-ethyl adjacent to an activating group) is 1. The smallest absolute Gasteiger partial charge is 0.0522 e. The van der Waals surface area contributed by atoms with E-state index in [1.54, 1.807) is 0 Å². The quantitative estimate of drug-likeness (QED) is 0.847. The minimum absolute atomic E-state index is 0.336. The Hall–Kier alpha value is -0.480. The number of hydrogen-bond acceptors (Lipinski definition) is 3. The number of aromatic nitrogens is 2. The van der Waals surface area contributed by atoms with E-state index in [4.69, 9.17) is 0 Å². The molecule has 1 rings (SSSR count). The third-order valence-electron chi connectivity index (χ3n) is 2.45. The zero-order chi connectivity index (χ0) is 12.9. The first-order valence-electron chi connectivity index (χ1n) is 6.25. The Morgan fingerprint density at radius 2 is 2.18 bits per heavy atom. The first-order chi connectivity index (χ1) is 7.90. The van der Waals surface area contributed by atoms with Crippen molar-refractivity contribution in [2.45, 2.75) is 44.9 Å². The SMILES string of the molecule is CCNC(CSC(C)(C)C)Cc1cnn(C)c1. The predicted molar refractivity (Wildman–Crippen MR) is 76.6 cm³/mol. The highest BCUT2D eigenvalue weighted by molar-refractivity contribution is 8.00. The molecule has 0 saturated heterocycles. The van der Waals surface area contributed by atoms with Crippen molar-refractivity contribution < 1.29 is 0 Å². The van der Waals surface area contributed by atoms with Gasteiger partial charge in [0.05, 0.1) is 6.20 Å². The molecule has 1 unspecified atom stereocenters. The summed E-state index contributed by atoms with van der Waals surface area (Å²) in [5.74, 6) is 1.15. The van der Waals surface area contributed by atoms with Crippen LogP contribution in [0, 0.1) is 0 Å². The molecule has 1 aromatic rings. The van der Waals surface area contributed by atoms with Gasteiger partial charge in [0.2, 0.25) is 0 Å². The molecule has 1 heterocycles. The first kappa shape index (κ1) is 14.6. The number of aryl methyl sites for hydroxylation is 1. The Kier molecular flexibility index (Phi) is 5.53. The van der Waals surface area contributed by atoms with Crippen LogP contribution >= 0.6 is 11.8 Å². The van der Waals surface area contributed by atoms with Crippen molar-refractivity contribution in [1.29, 1.82) is 0 Å². The monoisotopic (exact) mass is 255 g/mol. The van der Waals surface area contributed by atoms with Crippen LogP contribution in [0.5, 0.6) is 0 Å². The van der Waals surface area contributed by atoms with Gasteiger partial charge in [-0.3, -0.25) is 4.68 Å². The molecule has 0 bridgehead atoms. The molecule has 1 N–H and O–H groups in total. The highest BCUT2D eigenvalue weighted by Gasteiger charge is 2.16. The van der Waals surface area contributed by atoms with Crippen LogP contribution in [0.3, 0.4) is 0 Å². The second-order valence-corrected chi connectivity index (χ2v) is 7.25. The molecular formula is C13H25N3S. The summed E-state index contributed by atoms with van der Waals surface area (Å²) in [5.41, 5.74) is 1.31. The molecule has 0 aliphatic rings. The number of hydrogen-bond donors (Lipinski definition) is 1. The van der Waals surface area contributed by atoms with Crippen molar-refractivity contribution in [3.05, 3.63) is 18.0 Å². The molecule has 4 heteroatoms. The molecule has 0 spiro atoms. The van der Waals surface area contributed by atoms with Gasteiger partial charge in [0, 0.05) is 29.8 Å². The lowest BCUT2D eigenvalue weighted by Crippen LogP contribution is -2.34. The average molecular weight is 255 g/mol. The molecule has 3 nitrogen and oxygen atoms in total. The van der Waals surface area contributed by atoms with E-state index in [2.05, 4.69) is 44.3 Å². The third-order valence-corrected chi connectivity index (χ3v) is 3.89. The van der Waals surface area contributed by atoms with Gasteiger partial charge in [0.1, 0.15) is 0 Å². The van der Waals surface area contributed by atoms with Gasteiger partial charge >= 0.3 is 0 Å². The fourth-order valence-corrected chi connectivity index (χ4v) is 2.63. The van der Waals surface area contributed by atoms with E-state index in [-0.39, 0.29) is 0 Å². The Morgan fingerprint density at radius 3 is 2.65 bits per heavy atom. The second-order valence-electron chi connectivity index (χ2n) is 5.40. The minimum atomic E-state index is 0.336. The average Bonchev–Trinajstić information content (AvgIpc) is 2.60. The fourth-order valence-electron chi connectivity index (χ4n) is 1.69. The van der Waals surface area contributed by atoms with Crippen LogP contribution in [0.2, 0.25) is 0 Å². The summed E-state index contributed by atoms with van der Waals surface area (Å²) < 4.78 is 2.21. The van der Waals surface area contributed by atoms with E-state index in [0.717, 1.165) is 18.7 Å². The molecule has 17 heavy (non-hydrogen) atoms. The minimum Gasteiger partial charge on any atom is -0.313 e. The van der Waals surface area contributed by atoms with Gasteiger partial charge in [-0.25, -0.2) is 0 Å². The molecule has 1 aromatic heterocycles. The van der Waals surface area contributed by atoms with Crippen molar-refractivity contribution in [1.82, 2.24) is 15.1 Å². The molecule has 0 fully saturated rings. The van der Waals surface area contributed by atoms with Crippen molar-refractivity contribution in [3.63, 3.8) is 0 Å².